The summed E-state index contributed by atoms with van der Waals surface area (Å²) in [7, 11) is -5.44. The first-order valence-electron chi connectivity index (χ1n) is 4.67. The van der Waals surface area contributed by atoms with Crippen LogP contribution in [0.1, 0.15) is 15.9 Å². The molecule has 0 bridgehead atoms. The van der Waals surface area contributed by atoms with Crippen LogP contribution in [0.15, 0.2) is 24.3 Å². The monoisotopic (exact) mass is 264 g/mol. The smallest absolute Gasteiger partial charge is 0.293 e. The molecule has 1 aliphatic rings. The van der Waals surface area contributed by atoms with Gasteiger partial charge in [-0.3, -0.25) is 4.79 Å². The molecule has 0 fully saturated rings. The highest BCUT2D eigenvalue weighted by Crippen LogP contribution is 2.34. The lowest BCUT2D eigenvalue weighted by molar-refractivity contribution is -0.0442. The summed E-state index contributed by atoms with van der Waals surface area (Å²) in [5, 5.41) is -2.03. The number of hydrogen-bond donors (Lipinski definition) is 0. The van der Waals surface area contributed by atoms with Crippen molar-refractivity contribution >= 4 is 15.6 Å². The molecular formula is C10H7F3O3S. The van der Waals surface area contributed by atoms with E-state index in [9.17, 15) is 26.4 Å². The van der Waals surface area contributed by atoms with E-state index in [1.165, 1.54) is 18.2 Å². The number of rotatable bonds is 1. The largest absolute Gasteiger partial charge is 0.498 e. The van der Waals surface area contributed by atoms with Crippen LogP contribution in [0.5, 0.6) is 0 Å². The van der Waals surface area contributed by atoms with Gasteiger partial charge < -0.3 is 0 Å². The van der Waals surface area contributed by atoms with Gasteiger partial charge in [-0.15, -0.1) is 0 Å². The Morgan fingerprint density at radius 2 is 1.76 bits per heavy atom. The van der Waals surface area contributed by atoms with Crippen molar-refractivity contribution in [2.75, 3.05) is 0 Å². The second-order valence-electron chi connectivity index (χ2n) is 3.70. The molecule has 1 unspecified atom stereocenters. The van der Waals surface area contributed by atoms with Crippen molar-refractivity contribution in [3.63, 3.8) is 0 Å². The minimum atomic E-state index is -5.44. The molecule has 1 aliphatic carbocycles. The van der Waals surface area contributed by atoms with Gasteiger partial charge in [0.25, 0.3) is 9.84 Å². The van der Waals surface area contributed by atoms with E-state index >= 15 is 0 Å². The Kier molecular flexibility index (Phi) is 2.53. The highest BCUT2D eigenvalue weighted by atomic mass is 32.2. The van der Waals surface area contributed by atoms with Gasteiger partial charge in [-0.05, 0) is 12.0 Å². The quantitative estimate of drug-likeness (QED) is 0.776. The molecule has 0 aromatic heterocycles. The summed E-state index contributed by atoms with van der Waals surface area (Å²) in [5.74, 6) is -0.974. The molecule has 1 aromatic rings. The predicted molar refractivity (Wildman–Crippen MR) is 53.2 cm³/mol. The van der Waals surface area contributed by atoms with Crippen LogP contribution < -0.4 is 0 Å². The van der Waals surface area contributed by atoms with E-state index in [1.54, 1.807) is 6.07 Å². The van der Waals surface area contributed by atoms with Crippen LogP contribution >= 0.6 is 0 Å². The number of halogens is 3. The van der Waals surface area contributed by atoms with Gasteiger partial charge in [-0.25, -0.2) is 8.42 Å². The van der Waals surface area contributed by atoms with Crippen LogP contribution in [-0.4, -0.2) is 25.0 Å². The zero-order valence-electron chi connectivity index (χ0n) is 8.36. The minimum absolute atomic E-state index is 0.0605. The summed E-state index contributed by atoms with van der Waals surface area (Å²) in [5.41, 5.74) is -4.99. The summed E-state index contributed by atoms with van der Waals surface area (Å²) < 4.78 is 59.4. The van der Waals surface area contributed by atoms with Gasteiger partial charge in [0, 0.05) is 5.56 Å². The molecule has 0 amide bonds. The second kappa shape index (κ2) is 3.56. The number of sulfone groups is 1. The number of alkyl halides is 3. The van der Waals surface area contributed by atoms with Crippen molar-refractivity contribution in [1.29, 1.82) is 0 Å². The Morgan fingerprint density at radius 3 is 2.29 bits per heavy atom. The van der Waals surface area contributed by atoms with Gasteiger partial charge in [0.05, 0.1) is 0 Å². The van der Waals surface area contributed by atoms with Crippen molar-refractivity contribution < 1.29 is 26.4 Å². The van der Waals surface area contributed by atoms with Crippen LogP contribution in [0, 0.1) is 0 Å². The van der Waals surface area contributed by atoms with Gasteiger partial charge >= 0.3 is 5.51 Å². The van der Waals surface area contributed by atoms with Crippen molar-refractivity contribution in [2.45, 2.75) is 17.2 Å². The van der Waals surface area contributed by atoms with Gasteiger partial charge in [-0.2, -0.15) is 13.2 Å². The summed E-state index contributed by atoms with van der Waals surface area (Å²) >= 11 is 0. The van der Waals surface area contributed by atoms with E-state index in [4.69, 9.17) is 0 Å². The maximum atomic E-state index is 12.3. The van der Waals surface area contributed by atoms with E-state index in [0.29, 0.717) is 5.56 Å². The van der Waals surface area contributed by atoms with Crippen molar-refractivity contribution in [3.05, 3.63) is 35.4 Å². The third-order valence-corrected chi connectivity index (χ3v) is 4.45. The van der Waals surface area contributed by atoms with E-state index in [1.807, 2.05) is 0 Å². The van der Waals surface area contributed by atoms with Crippen LogP contribution in [0.3, 0.4) is 0 Å². The summed E-state index contributed by atoms with van der Waals surface area (Å²) in [4.78, 5) is 11.6. The van der Waals surface area contributed by atoms with Crippen molar-refractivity contribution in [3.8, 4) is 0 Å². The third-order valence-electron chi connectivity index (χ3n) is 2.68. The molecule has 7 heteroatoms. The first kappa shape index (κ1) is 12.1. The first-order chi connectivity index (χ1) is 7.75. The summed E-state index contributed by atoms with van der Waals surface area (Å²) in [6, 6.07) is 5.83. The van der Waals surface area contributed by atoms with E-state index in [2.05, 4.69) is 0 Å². The normalized spacial score (nSPS) is 20.4. The van der Waals surface area contributed by atoms with Gasteiger partial charge in [-0.1, -0.05) is 24.3 Å². The fourth-order valence-corrected chi connectivity index (χ4v) is 2.95. The number of ketones is 1. The number of fused-ring (bicyclic) bond motifs is 1. The maximum Gasteiger partial charge on any atom is 0.498 e. The fraction of sp³-hybridized carbons (Fsp3) is 0.300. The van der Waals surface area contributed by atoms with Crippen LogP contribution in [-0.2, 0) is 16.3 Å². The molecule has 0 radical (unpaired) electrons. The topological polar surface area (TPSA) is 51.2 Å². The molecular weight excluding hydrogens is 257 g/mol. The molecule has 2 rings (SSSR count). The highest BCUT2D eigenvalue weighted by Gasteiger charge is 2.55. The Hall–Kier alpha value is -1.37. The molecule has 3 nitrogen and oxygen atoms in total. The highest BCUT2D eigenvalue weighted by molar-refractivity contribution is 7.93. The van der Waals surface area contributed by atoms with Gasteiger partial charge in [0.15, 0.2) is 5.78 Å². The zero-order valence-corrected chi connectivity index (χ0v) is 9.18. The molecule has 1 atom stereocenters. The number of hydrogen-bond acceptors (Lipinski definition) is 3. The molecule has 0 spiro atoms. The summed E-state index contributed by atoms with van der Waals surface area (Å²) in [6.07, 6.45) is -0.406. The third kappa shape index (κ3) is 1.74. The average Bonchev–Trinajstić information content (AvgIpc) is 2.56. The lowest BCUT2D eigenvalue weighted by Crippen LogP contribution is -2.37. The van der Waals surface area contributed by atoms with E-state index in [0.717, 1.165) is 0 Å². The first-order valence-corrected chi connectivity index (χ1v) is 6.22. The SMILES string of the molecule is O=C1c2ccccc2CC1S(=O)(=O)C(F)(F)F. The van der Waals surface area contributed by atoms with Crippen LogP contribution in [0.4, 0.5) is 13.2 Å². The van der Waals surface area contributed by atoms with Crippen molar-refractivity contribution in [2.24, 2.45) is 0 Å². The molecule has 0 saturated heterocycles. The Bertz CT molecular complexity index is 575. The maximum absolute atomic E-state index is 12.3. The van der Waals surface area contributed by atoms with E-state index < -0.39 is 32.8 Å². The second-order valence-corrected chi connectivity index (χ2v) is 5.83. The molecule has 0 heterocycles. The number of Topliss-reactive ketones (excluding diaryl/α,β-unsaturated/α-hetero) is 1. The Morgan fingerprint density at radius 1 is 1.18 bits per heavy atom. The lowest BCUT2D eigenvalue weighted by Gasteiger charge is -2.12. The predicted octanol–water partition coefficient (Wildman–Crippen LogP) is 1.73. The molecule has 0 N–H and O–H groups in total. The van der Waals surface area contributed by atoms with Crippen LogP contribution in [0.2, 0.25) is 0 Å². The van der Waals surface area contributed by atoms with E-state index in [-0.39, 0.29) is 5.56 Å². The number of benzene rings is 1. The Labute approximate surface area is 95.2 Å². The lowest BCUT2D eigenvalue weighted by atomic mass is 10.1. The molecule has 0 saturated carbocycles. The van der Waals surface area contributed by atoms with Crippen molar-refractivity contribution in [1.82, 2.24) is 0 Å². The minimum Gasteiger partial charge on any atom is -0.293 e. The average molecular weight is 264 g/mol. The molecule has 0 aliphatic heterocycles. The number of carbonyl (C=O) groups excluding carboxylic acids is 1. The summed E-state index contributed by atoms with van der Waals surface area (Å²) in [6.45, 7) is 0. The molecule has 1 aromatic carbocycles. The van der Waals surface area contributed by atoms with Gasteiger partial charge in [0.1, 0.15) is 5.25 Å². The standard InChI is InChI=1S/C10H7F3O3S/c11-10(12,13)17(15,16)8-5-6-3-1-2-4-7(6)9(8)14/h1-4,8H,5H2. The Balaban J connectivity index is 2.46. The number of carbonyl (C=O) groups is 1. The van der Waals surface area contributed by atoms with Crippen LogP contribution in [0.25, 0.3) is 0 Å². The van der Waals surface area contributed by atoms with Gasteiger partial charge in [0.2, 0.25) is 0 Å². The fourth-order valence-electron chi connectivity index (χ4n) is 1.82. The molecule has 92 valence electrons. The molecule has 17 heavy (non-hydrogen) atoms. The zero-order chi connectivity index (χ0) is 12.8.